The molecular weight excluding hydrogens is 415 g/mol. The number of anilines is 1. The van der Waals surface area contributed by atoms with Crippen LogP contribution in [0.4, 0.5) is 18.9 Å². The van der Waals surface area contributed by atoms with Gasteiger partial charge in [0.25, 0.3) is 0 Å². The number of amides is 1. The molecule has 0 bridgehead atoms. The second kappa shape index (κ2) is 7.24. The van der Waals surface area contributed by atoms with Crippen molar-refractivity contribution in [2.75, 3.05) is 5.32 Å². The number of hydrogen-bond donors (Lipinski definition) is 1. The summed E-state index contributed by atoms with van der Waals surface area (Å²) in [6.45, 7) is 1.29. The lowest BCUT2D eigenvalue weighted by Crippen LogP contribution is -2.12. The molecule has 0 radical (unpaired) electrons. The topological polar surface area (TPSA) is 103 Å². The van der Waals surface area contributed by atoms with Crippen LogP contribution in [0.3, 0.4) is 0 Å². The molecule has 0 aliphatic heterocycles. The van der Waals surface area contributed by atoms with E-state index in [9.17, 15) is 31.2 Å². The van der Waals surface area contributed by atoms with E-state index in [4.69, 9.17) is 8.60 Å². The Morgan fingerprint density at radius 2 is 1.72 bits per heavy atom. The SMILES string of the molecule is CC(=O)Nc1ccc(S(=O)(=O)Oc2ccc3c(C(F)(F)F)cc(=O)oc3c2)cc1. The van der Waals surface area contributed by atoms with Crippen LogP contribution in [0.1, 0.15) is 12.5 Å². The molecule has 11 heteroatoms. The molecule has 3 aromatic rings. The minimum absolute atomic E-state index is 0.253. The van der Waals surface area contributed by atoms with Gasteiger partial charge < -0.3 is 13.9 Å². The molecule has 29 heavy (non-hydrogen) atoms. The van der Waals surface area contributed by atoms with Crippen molar-refractivity contribution in [2.24, 2.45) is 0 Å². The first-order valence-electron chi connectivity index (χ1n) is 7.93. The number of benzene rings is 2. The van der Waals surface area contributed by atoms with Crippen molar-refractivity contribution in [2.45, 2.75) is 18.0 Å². The lowest BCUT2D eigenvalue weighted by molar-refractivity contribution is -0.136. The van der Waals surface area contributed by atoms with Crippen LogP contribution >= 0.6 is 0 Å². The minimum Gasteiger partial charge on any atom is -0.423 e. The van der Waals surface area contributed by atoms with Gasteiger partial charge in [-0.2, -0.15) is 21.6 Å². The van der Waals surface area contributed by atoms with Gasteiger partial charge in [0.05, 0.1) is 5.56 Å². The van der Waals surface area contributed by atoms with Crippen LogP contribution in [-0.4, -0.2) is 14.3 Å². The summed E-state index contributed by atoms with van der Waals surface area (Å²) in [5.74, 6) is -0.682. The number of alkyl halides is 3. The molecule has 0 spiro atoms. The molecule has 0 aliphatic carbocycles. The number of nitrogens with one attached hydrogen (secondary N) is 1. The summed E-state index contributed by atoms with van der Waals surface area (Å²) < 4.78 is 73.6. The zero-order valence-electron chi connectivity index (χ0n) is 14.6. The van der Waals surface area contributed by atoms with Gasteiger partial charge in [-0.1, -0.05) is 0 Å². The van der Waals surface area contributed by atoms with Gasteiger partial charge in [-0.15, -0.1) is 0 Å². The van der Waals surface area contributed by atoms with Crippen molar-refractivity contribution < 1.29 is 35.0 Å². The van der Waals surface area contributed by atoms with Gasteiger partial charge in [-0.05, 0) is 36.4 Å². The molecule has 0 fully saturated rings. The average molecular weight is 427 g/mol. The van der Waals surface area contributed by atoms with Gasteiger partial charge in [0, 0.05) is 30.1 Å². The highest BCUT2D eigenvalue weighted by molar-refractivity contribution is 7.87. The maximum atomic E-state index is 13.1. The standard InChI is InChI=1S/C18H12F3NO6S/c1-10(23)22-11-2-5-13(6-3-11)29(25,26)28-12-4-7-14-15(18(19,20)21)9-17(24)27-16(14)8-12/h2-9H,1H3,(H,22,23). The molecule has 1 aromatic heterocycles. The van der Waals surface area contributed by atoms with Gasteiger partial charge in [0.1, 0.15) is 16.2 Å². The van der Waals surface area contributed by atoms with E-state index in [0.29, 0.717) is 11.8 Å². The molecular formula is C18H12F3NO6S. The Morgan fingerprint density at radius 3 is 2.31 bits per heavy atom. The van der Waals surface area contributed by atoms with Gasteiger partial charge in [0.2, 0.25) is 5.91 Å². The number of carbonyl (C=O) groups excluding carboxylic acids is 1. The first-order valence-corrected chi connectivity index (χ1v) is 9.34. The van der Waals surface area contributed by atoms with Crippen LogP contribution in [-0.2, 0) is 21.1 Å². The summed E-state index contributed by atoms with van der Waals surface area (Å²) in [7, 11) is -4.33. The zero-order chi connectivity index (χ0) is 21.4. The summed E-state index contributed by atoms with van der Waals surface area (Å²) in [5, 5.41) is 2.05. The van der Waals surface area contributed by atoms with Crippen LogP contribution in [0.25, 0.3) is 11.0 Å². The Balaban J connectivity index is 1.95. The lowest BCUT2D eigenvalue weighted by Gasteiger charge is -2.11. The molecule has 3 rings (SSSR count). The molecule has 0 atom stereocenters. The highest BCUT2D eigenvalue weighted by atomic mass is 32.2. The van der Waals surface area contributed by atoms with Crippen LogP contribution < -0.4 is 15.1 Å². The third kappa shape index (κ3) is 4.57. The normalized spacial score (nSPS) is 12.0. The van der Waals surface area contributed by atoms with Crippen molar-refractivity contribution in [3.8, 4) is 5.75 Å². The minimum atomic E-state index is -4.79. The van der Waals surface area contributed by atoms with E-state index in [1.807, 2.05) is 0 Å². The molecule has 152 valence electrons. The maximum Gasteiger partial charge on any atom is 0.417 e. The van der Waals surface area contributed by atoms with Gasteiger partial charge in [-0.3, -0.25) is 4.79 Å². The zero-order valence-corrected chi connectivity index (χ0v) is 15.4. The fraction of sp³-hybridized carbons (Fsp3) is 0.111. The number of hydrogen-bond acceptors (Lipinski definition) is 6. The number of halogens is 3. The van der Waals surface area contributed by atoms with Crippen molar-refractivity contribution in [1.29, 1.82) is 0 Å². The summed E-state index contributed by atoms with van der Waals surface area (Å²) in [6, 6.07) is 8.21. The highest BCUT2D eigenvalue weighted by Crippen LogP contribution is 2.35. The van der Waals surface area contributed by atoms with E-state index in [0.717, 1.165) is 18.2 Å². The predicted molar refractivity (Wildman–Crippen MR) is 96.0 cm³/mol. The Labute approximate surface area is 161 Å². The van der Waals surface area contributed by atoms with Crippen LogP contribution in [0.2, 0.25) is 0 Å². The summed E-state index contributed by atoms with van der Waals surface area (Å²) in [6.07, 6.45) is -4.79. The van der Waals surface area contributed by atoms with Crippen LogP contribution in [0.15, 0.2) is 62.6 Å². The van der Waals surface area contributed by atoms with Crippen molar-refractivity contribution in [3.63, 3.8) is 0 Å². The fourth-order valence-electron chi connectivity index (χ4n) is 2.51. The first kappa shape index (κ1) is 20.4. The van der Waals surface area contributed by atoms with E-state index in [1.54, 1.807) is 0 Å². The number of fused-ring (bicyclic) bond motifs is 1. The van der Waals surface area contributed by atoms with E-state index in [2.05, 4.69) is 5.32 Å². The van der Waals surface area contributed by atoms with Crippen LogP contribution in [0.5, 0.6) is 5.75 Å². The Hall–Kier alpha value is -3.34. The second-order valence-corrected chi connectivity index (χ2v) is 7.42. The molecule has 1 N–H and O–H groups in total. The third-order valence-electron chi connectivity index (χ3n) is 3.69. The summed E-state index contributed by atoms with van der Waals surface area (Å²) in [4.78, 5) is 22.2. The number of carbonyl (C=O) groups is 1. The Bertz CT molecular complexity index is 1250. The highest BCUT2D eigenvalue weighted by Gasteiger charge is 2.34. The van der Waals surface area contributed by atoms with Gasteiger partial charge in [0.15, 0.2) is 0 Å². The van der Waals surface area contributed by atoms with Crippen molar-refractivity contribution in [1.82, 2.24) is 0 Å². The molecule has 0 saturated heterocycles. The lowest BCUT2D eigenvalue weighted by atomic mass is 10.1. The average Bonchev–Trinajstić information content (AvgIpc) is 2.59. The van der Waals surface area contributed by atoms with Crippen molar-refractivity contribution >= 4 is 32.7 Å². The second-order valence-electron chi connectivity index (χ2n) is 5.88. The van der Waals surface area contributed by atoms with E-state index >= 15 is 0 Å². The maximum absolute atomic E-state index is 13.1. The molecule has 2 aromatic carbocycles. The van der Waals surface area contributed by atoms with Gasteiger partial charge >= 0.3 is 21.9 Å². The van der Waals surface area contributed by atoms with Crippen LogP contribution in [0, 0.1) is 0 Å². The molecule has 0 unspecified atom stereocenters. The smallest absolute Gasteiger partial charge is 0.417 e. The van der Waals surface area contributed by atoms with E-state index in [1.165, 1.54) is 31.2 Å². The van der Waals surface area contributed by atoms with E-state index in [-0.39, 0.29) is 16.6 Å². The molecule has 1 amide bonds. The largest absolute Gasteiger partial charge is 0.423 e. The summed E-state index contributed by atoms with van der Waals surface area (Å²) in [5.41, 5.74) is -2.55. The Kier molecular flexibility index (Phi) is 5.09. The third-order valence-corrected chi connectivity index (χ3v) is 4.95. The van der Waals surface area contributed by atoms with Gasteiger partial charge in [-0.25, -0.2) is 4.79 Å². The molecule has 0 saturated carbocycles. The monoisotopic (exact) mass is 427 g/mol. The summed E-state index contributed by atoms with van der Waals surface area (Å²) >= 11 is 0. The molecule has 7 nitrogen and oxygen atoms in total. The first-order chi connectivity index (χ1) is 13.5. The number of rotatable bonds is 4. The van der Waals surface area contributed by atoms with E-state index < -0.39 is 38.5 Å². The molecule has 0 aliphatic rings. The quantitative estimate of drug-likeness (QED) is 0.505. The molecule has 1 heterocycles. The predicted octanol–water partition coefficient (Wildman–Crippen LogP) is 3.54. The Morgan fingerprint density at radius 1 is 1.07 bits per heavy atom. The fourth-order valence-corrected chi connectivity index (χ4v) is 3.44. The van der Waals surface area contributed by atoms with Crippen molar-refractivity contribution in [3.05, 3.63) is 64.5 Å².